The van der Waals surface area contributed by atoms with Crippen molar-refractivity contribution >= 4 is 17.3 Å². The molecule has 0 spiro atoms. The van der Waals surface area contributed by atoms with Crippen LogP contribution in [0.2, 0.25) is 5.02 Å². The van der Waals surface area contributed by atoms with Crippen molar-refractivity contribution in [2.24, 2.45) is 0 Å². The number of rotatable bonds is 7. The molecule has 1 unspecified atom stereocenters. The predicted molar refractivity (Wildman–Crippen MR) is 109 cm³/mol. The highest BCUT2D eigenvalue weighted by Gasteiger charge is 2.14. The van der Waals surface area contributed by atoms with Crippen molar-refractivity contribution in [3.63, 3.8) is 0 Å². The Hall–Kier alpha value is -3.44. The third-order valence-electron chi connectivity index (χ3n) is 4.23. The molecule has 3 aromatic rings. The number of nitrogens with one attached hydrogen (secondary N) is 1. The number of nitriles is 1. The zero-order valence-corrected chi connectivity index (χ0v) is 16.7. The Kier molecular flexibility index (Phi) is 6.65. The van der Waals surface area contributed by atoms with Gasteiger partial charge in [-0.05, 0) is 36.2 Å². The van der Waals surface area contributed by atoms with E-state index in [1.807, 2.05) is 13.0 Å². The lowest BCUT2D eigenvalue weighted by molar-refractivity contribution is 0.251. The van der Waals surface area contributed by atoms with Gasteiger partial charge in [-0.3, -0.25) is 4.79 Å². The molecule has 154 valence electrons. The molecule has 0 saturated carbocycles. The van der Waals surface area contributed by atoms with Crippen LogP contribution in [0.3, 0.4) is 0 Å². The lowest BCUT2D eigenvalue weighted by atomic mass is 10.2. The summed E-state index contributed by atoms with van der Waals surface area (Å²) in [6, 6.07) is 12.0. The largest absolute Gasteiger partial charge is 0.476 e. The van der Waals surface area contributed by atoms with E-state index in [0.717, 1.165) is 22.4 Å². The number of hydrogen-bond acceptors (Lipinski definition) is 5. The Morgan fingerprint density at radius 1 is 1.30 bits per heavy atom. The first-order valence-electron chi connectivity index (χ1n) is 9.05. The van der Waals surface area contributed by atoms with Crippen molar-refractivity contribution in [2.45, 2.75) is 26.0 Å². The normalized spacial score (nSPS) is 11.6. The molecule has 1 heterocycles. The van der Waals surface area contributed by atoms with Crippen LogP contribution in [0.25, 0.3) is 5.69 Å². The number of benzene rings is 2. The maximum atomic E-state index is 14.0. The Balaban J connectivity index is 1.78. The van der Waals surface area contributed by atoms with Gasteiger partial charge in [0.1, 0.15) is 28.3 Å². The summed E-state index contributed by atoms with van der Waals surface area (Å²) >= 11 is 6.14. The highest BCUT2D eigenvalue weighted by Crippen LogP contribution is 2.21. The maximum absolute atomic E-state index is 14.0. The van der Waals surface area contributed by atoms with Gasteiger partial charge in [0.2, 0.25) is 0 Å². The Morgan fingerprint density at radius 2 is 2.10 bits per heavy atom. The first kappa shape index (κ1) is 21.3. The minimum absolute atomic E-state index is 0.184. The fourth-order valence-corrected chi connectivity index (χ4v) is 2.87. The van der Waals surface area contributed by atoms with E-state index in [0.29, 0.717) is 24.8 Å². The molecule has 0 bridgehead atoms. The van der Waals surface area contributed by atoms with Gasteiger partial charge in [0.25, 0.3) is 5.56 Å². The van der Waals surface area contributed by atoms with E-state index in [-0.39, 0.29) is 16.4 Å². The number of nitrogens with zero attached hydrogens (tertiary/aromatic N) is 3. The molecule has 6 nitrogen and oxygen atoms in total. The average Bonchev–Trinajstić information content (AvgIpc) is 2.74. The zero-order chi connectivity index (χ0) is 21.7. The number of aromatic nitrogens is 2. The van der Waals surface area contributed by atoms with Crippen LogP contribution in [-0.4, -0.2) is 15.9 Å². The summed E-state index contributed by atoms with van der Waals surface area (Å²) in [5.74, 6) is -1.14. The zero-order valence-electron chi connectivity index (χ0n) is 15.9. The molecular weight excluding hydrogens is 414 g/mol. The minimum Gasteiger partial charge on any atom is -0.476 e. The van der Waals surface area contributed by atoms with Gasteiger partial charge in [-0.1, -0.05) is 30.7 Å². The highest BCUT2D eigenvalue weighted by molar-refractivity contribution is 6.32. The molecule has 0 radical (unpaired) electrons. The summed E-state index contributed by atoms with van der Waals surface area (Å²) in [7, 11) is 0. The van der Waals surface area contributed by atoms with Crippen LogP contribution in [0.5, 0.6) is 5.75 Å². The topological polar surface area (TPSA) is 79.9 Å². The number of halogens is 3. The maximum Gasteiger partial charge on any atom is 0.292 e. The van der Waals surface area contributed by atoms with Gasteiger partial charge in [-0.25, -0.2) is 8.78 Å². The third kappa shape index (κ3) is 4.75. The van der Waals surface area contributed by atoms with E-state index in [9.17, 15) is 13.6 Å². The molecule has 3 rings (SSSR count). The molecule has 0 amide bonds. The second-order valence-corrected chi connectivity index (χ2v) is 6.71. The van der Waals surface area contributed by atoms with Gasteiger partial charge in [-0.2, -0.15) is 15.0 Å². The standard InChI is InChI=1S/C21H17ClF2N4O2/c1-2-15(10-25)30-16-5-3-4-13(8-16)11-26-18-12-27-28(21(29)20(18)22)19-7-6-14(23)9-17(19)24/h3-9,12,15,26H,2,11H2,1H3. The summed E-state index contributed by atoms with van der Waals surface area (Å²) in [6.45, 7) is 2.16. The van der Waals surface area contributed by atoms with Gasteiger partial charge >= 0.3 is 0 Å². The highest BCUT2D eigenvalue weighted by atomic mass is 35.5. The summed E-state index contributed by atoms with van der Waals surface area (Å²) in [6.07, 6.45) is 1.31. The third-order valence-corrected chi connectivity index (χ3v) is 4.60. The quantitative estimate of drug-likeness (QED) is 0.598. The van der Waals surface area contributed by atoms with E-state index in [1.165, 1.54) is 6.20 Å². The van der Waals surface area contributed by atoms with E-state index in [4.69, 9.17) is 21.6 Å². The van der Waals surface area contributed by atoms with Gasteiger partial charge in [0.05, 0.1) is 11.9 Å². The monoisotopic (exact) mass is 430 g/mol. The number of anilines is 1. The number of hydrogen-bond donors (Lipinski definition) is 1. The van der Waals surface area contributed by atoms with Crippen LogP contribution in [0.4, 0.5) is 14.5 Å². The minimum atomic E-state index is -0.930. The second-order valence-electron chi connectivity index (χ2n) is 6.33. The van der Waals surface area contributed by atoms with Crippen molar-refractivity contribution in [3.8, 4) is 17.5 Å². The van der Waals surface area contributed by atoms with Crippen molar-refractivity contribution in [3.05, 3.63) is 81.2 Å². The van der Waals surface area contributed by atoms with Crippen molar-refractivity contribution in [1.29, 1.82) is 5.26 Å². The van der Waals surface area contributed by atoms with Gasteiger partial charge in [0, 0.05) is 12.6 Å². The van der Waals surface area contributed by atoms with Crippen molar-refractivity contribution in [1.82, 2.24) is 9.78 Å². The molecule has 0 saturated heterocycles. The van der Waals surface area contributed by atoms with E-state index in [1.54, 1.807) is 18.2 Å². The van der Waals surface area contributed by atoms with Crippen LogP contribution in [0.1, 0.15) is 18.9 Å². The summed E-state index contributed by atoms with van der Waals surface area (Å²) in [5, 5.41) is 15.8. The fraction of sp³-hybridized carbons (Fsp3) is 0.190. The van der Waals surface area contributed by atoms with E-state index < -0.39 is 23.3 Å². The van der Waals surface area contributed by atoms with Gasteiger partial charge in [-0.15, -0.1) is 0 Å². The van der Waals surface area contributed by atoms with Crippen LogP contribution in [-0.2, 0) is 6.54 Å². The van der Waals surface area contributed by atoms with Crippen LogP contribution < -0.4 is 15.6 Å². The Bertz CT molecular complexity index is 1160. The lowest BCUT2D eigenvalue weighted by Crippen LogP contribution is -2.23. The molecule has 2 aromatic carbocycles. The first-order chi connectivity index (χ1) is 14.4. The molecule has 0 aliphatic heterocycles. The molecular formula is C21H17ClF2N4O2. The van der Waals surface area contributed by atoms with Crippen LogP contribution in [0, 0.1) is 23.0 Å². The predicted octanol–water partition coefficient (Wildman–Crippen LogP) is 4.46. The summed E-state index contributed by atoms with van der Waals surface area (Å²) in [5.41, 5.74) is 0.132. The number of ether oxygens (including phenoxy) is 1. The van der Waals surface area contributed by atoms with Crippen LogP contribution >= 0.6 is 11.6 Å². The van der Waals surface area contributed by atoms with E-state index >= 15 is 0 Å². The molecule has 1 atom stereocenters. The van der Waals surface area contributed by atoms with Gasteiger partial charge < -0.3 is 10.1 Å². The molecule has 30 heavy (non-hydrogen) atoms. The lowest BCUT2D eigenvalue weighted by Gasteiger charge is -2.13. The summed E-state index contributed by atoms with van der Waals surface area (Å²) in [4.78, 5) is 12.5. The average molecular weight is 431 g/mol. The molecule has 0 aliphatic rings. The second kappa shape index (κ2) is 9.37. The smallest absolute Gasteiger partial charge is 0.292 e. The van der Waals surface area contributed by atoms with Crippen molar-refractivity contribution < 1.29 is 13.5 Å². The first-order valence-corrected chi connectivity index (χ1v) is 9.43. The fourth-order valence-electron chi connectivity index (χ4n) is 2.67. The van der Waals surface area contributed by atoms with Crippen LogP contribution in [0.15, 0.2) is 53.5 Å². The molecule has 9 heteroatoms. The van der Waals surface area contributed by atoms with Crippen molar-refractivity contribution in [2.75, 3.05) is 5.32 Å². The Labute approximate surface area is 176 Å². The van der Waals surface area contributed by atoms with E-state index in [2.05, 4.69) is 16.5 Å². The molecule has 0 aliphatic carbocycles. The molecule has 0 fully saturated rings. The SMILES string of the molecule is CCC(C#N)Oc1cccc(CNc2cnn(-c3ccc(F)cc3F)c(=O)c2Cl)c1. The van der Waals surface area contributed by atoms with Gasteiger partial charge in [0.15, 0.2) is 11.9 Å². The summed E-state index contributed by atoms with van der Waals surface area (Å²) < 4.78 is 33.4. The molecule has 1 N–H and O–H groups in total. The molecule has 1 aromatic heterocycles. The Morgan fingerprint density at radius 3 is 2.80 bits per heavy atom.